The Labute approximate surface area is 128 Å². The quantitative estimate of drug-likeness (QED) is 0.748. The van der Waals surface area contributed by atoms with Crippen molar-refractivity contribution in [1.29, 1.82) is 0 Å². The number of nitrogens with one attached hydrogen (secondary N) is 1. The summed E-state index contributed by atoms with van der Waals surface area (Å²) in [6.07, 6.45) is 0. The lowest BCUT2D eigenvalue weighted by atomic mass is 10.1. The minimum atomic E-state index is -0.978. The van der Waals surface area contributed by atoms with E-state index in [-0.39, 0.29) is 5.69 Å². The molecule has 4 nitrogen and oxygen atoms in total. The van der Waals surface area contributed by atoms with E-state index >= 15 is 0 Å². The van der Waals surface area contributed by atoms with Crippen LogP contribution in [-0.4, -0.2) is 16.1 Å². The molecule has 0 unspecified atom stereocenters. The van der Waals surface area contributed by atoms with Crippen LogP contribution in [0.3, 0.4) is 0 Å². The Bertz CT molecular complexity index is 778. The van der Waals surface area contributed by atoms with Gasteiger partial charge in [-0.1, -0.05) is 42.5 Å². The number of aromatic nitrogens is 1. The Balaban J connectivity index is 1.84. The van der Waals surface area contributed by atoms with Gasteiger partial charge in [0.25, 0.3) is 0 Å². The predicted molar refractivity (Wildman–Crippen MR) is 84.0 cm³/mol. The fourth-order valence-corrected chi connectivity index (χ4v) is 2.23. The first-order chi connectivity index (χ1) is 10.7. The standard InChI is InChI=1S/C18H15NO3/c20-18(21)16-11-10-15(19-16)14-8-4-5-9-17(14)22-12-13-6-2-1-3-7-13/h1-11,19H,12H2,(H,20,21). The molecular weight excluding hydrogens is 278 g/mol. The van der Waals surface area contributed by atoms with Crippen LogP contribution in [0.25, 0.3) is 11.3 Å². The normalized spacial score (nSPS) is 10.4. The van der Waals surface area contributed by atoms with E-state index in [1.807, 2.05) is 54.6 Å². The molecule has 110 valence electrons. The maximum atomic E-state index is 11.0. The first-order valence-corrected chi connectivity index (χ1v) is 6.92. The van der Waals surface area contributed by atoms with Gasteiger partial charge in [-0.05, 0) is 29.8 Å². The molecule has 0 aliphatic rings. The summed E-state index contributed by atoms with van der Waals surface area (Å²) in [4.78, 5) is 13.9. The van der Waals surface area contributed by atoms with Gasteiger partial charge < -0.3 is 14.8 Å². The number of carbonyl (C=O) groups is 1. The number of aromatic amines is 1. The van der Waals surface area contributed by atoms with E-state index in [4.69, 9.17) is 9.84 Å². The van der Waals surface area contributed by atoms with Crippen molar-refractivity contribution in [3.05, 3.63) is 78.0 Å². The highest BCUT2D eigenvalue weighted by Gasteiger charge is 2.11. The summed E-state index contributed by atoms with van der Waals surface area (Å²) >= 11 is 0. The van der Waals surface area contributed by atoms with Gasteiger partial charge >= 0.3 is 5.97 Å². The number of aromatic carboxylic acids is 1. The van der Waals surface area contributed by atoms with Crippen molar-refractivity contribution in [1.82, 2.24) is 4.98 Å². The molecular formula is C18H15NO3. The third-order valence-electron chi connectivity index (χ3n) is 3.33. The van der Waals surface area contributed by atoms with E-state index in [2.05, 4.69) is 4.98 Å². The number of ether oxygens (including phenoxy) is 1. The van der Waals surface area contributed by atoms with Gasteiger partial charge in [-0.25, -0.2) is 4.79 Å². The summed E-state index contributed by atoms with van der Waals surface area (Å²) in [6, 6.07) is 20.8. The van der Waals surface area contributed by atoms with E-state index in [1.54, 1.807) is 12.1 Å². The van der Waals surface area contributed by atoms with Crippen LogP contribution in [0.5, 0.6) is 5.75 Å². The highest BCUT2D eigenvalue weighted by Crippen LogP contribution is 2.29. The Kier molecular flexibility index (Phi) is 3.92. The second-order valence-electron chi connectivity index (χ2n) is 4.86. The Hall–Kier alpha value is -3.01. The van der Waals surface area contributed by atoms with Crippen molar-refractivity contribution in [3.63, 3.8) is 0 Å². The van der Waals surface area contributed by atoms with Crippen LogP contribution in [0.4, 0.5) is 0 Å². The molecule has 1 heterocycles. The monoisotopic (exact) mass is 293 g/mol. The van der Waals surface area contributed by atoms with E-state index in [0.717, 1.165) is 16.8 Å². The van der Waals surface area contributed by atoms with E-state index in [9.17, 15) is 4.79 Å². The van der Waals surface area contributed by atoms with Crippen LogP contribution in [-0.2, 0) is 6.61 Å². The third kappa shape index (κ3) is 3.01. The molecule has 0 amide bonds. The smallest absolute Gasteiger partial charge is 0.352 e. The van der Waals surface area contributed by atoms with Crippen LogP contribution >= 0.6 is 0 Å². The average Bonchev–Trinajstić information content (AvgIpc) is 3.04. The first-order valence-electron chi connectivity index (χ1n) is 6.92. The zero-order valence-corrected chi connectivity index (χ0v) is 11.8. The molecule has 3 rings (SSSR count). The number of benzene rings is 2. The molecule has 22 heavy (non-hydrogen) atoms. The lowest BCUT2D eigenvalue weighted by Crippen LogP contribution is -1.98. The third-order valence-corrected chi connectivity index (χ3v) is 3.33. The molecule has 2 N–H and O–H groups in total. The lowest BCUT2D eigenvalue weighted by Gasteiger charge is -2.10. The Morgan fingerprint density at radius 3 is 2.41 bits per heavy atom. The summed E-state index contributed by atoms with van der Waals surface area (Å²) in [5.41, 5.74) is 2.80. The van der Waals surface area contributed by atoms with Crippen LogP contribution < -0.4 is 4.74 Å². The Morgan fingerprint density at radius 1 is 0.955 bits per heavy atom. The molecule has 0 saturated heterocycles. The van der Waals surface area contributed by atoms with E-state index in [0.29, 0.717) is 12.4 Å². The second-order valence-corrected chi connectivity index (χ2v) is 4.86. The number of hydrogen-bond donors (Lipinski definition) is 2. The van der Waals surface area contributed by atoms with Crippen molar-refractivity contribution >= 4 is 5.97 Å². The van der Waals surface area contributed by atoms with Gasteiger partial charge in [-0.15, -0.1) is 0 Å². The zero-order valence-electron chi connectivity index (χ0n) is 11.8. The molecule has 1 aromatic heterocycles. The molecule has 0 bridgehead atoms. The highest BCUT2D eigenvalue weighted by molar-refractivity contribution is 5.87. The number of rotatable bonds is 5. The molecule has 3 aromatic rings. The minimum absolute atomic E-state index is 0.160. The maximum Gasteiger partial charge on any atom is 0.352 e. The van der Waals surface area contributed by atoms with Gasteiger partial charge in [-0.3, -0.25) is 0 Å². The van der Waals surface area contributed by atoms with Gasteiger partial charge in [0.1, 0.15) is 18.1 Å². The van der Waals surface area contributed by atoms with Crippen LogP contribution in [0.2, 0.25) is 0 Å². The zero-order chi connectivity index (χ0) is 15.4. The molecule has 0 saturated carbocycles. The molecule has 0 atom stereocenters. The second kappa shape index (κ2) is 6.18. The van der Waals surface area contributed by atoms with Gasteiger partial charge in [-0.2, -0.15) is 0 Å². The van der Waals surface area contributed by atoms with Gasteiger partial charge in [0, 0.05) is 11.3 Å². The highest BCUT2D eigenvalue weighted by atomic mass is 16.5. The van der Waals surface area contributed by atoms with E-state index < -0.39 is 5.97 Å². The van der Waals surface area contributed by atoms with Gasteiger partial charge in [0.2, 0.25) is 0 Å². The van der Waals surface area contributed by atoms with Crippen molar-refractivity contribution in [2.75, 3.05) is 0 Å². The van der Waals surface area contributed by atoms with Gasteiger partial charge in [0.05, 0.1) is 0 Å². The molecule has 2 aromatic carbocycles. The predicted octanol–water partition coefficient (Wildman–Crippen LogP) is 3.96. The number of H-pyrrole nitrogens is 1. The van der Waals surface area contributed by atoms with Crippen LogP contribution in [0, 0.1) is 0 Å². The maximum absolute atomic E-state index is 11.0. The van der Waals surface area contributed by atoms with Crippen molar-refractivity contribution in [2.24, 2.45) is 0 Å². The summed E-state index contributed by atoms with van der Waals surface area (Å²) in [6.45, 7) is 0.463. The largest absolute Gasteiger partial charge is 0.488 e. The molecule has 0 fully saturated rings. The molecule has 0 aliphatic carbocycles. The summed E-state index contributed by atoms with van der Waals surface area (Å²) in [5, 5.41) is 9.00. The summed E-state index contributed by atoms with van der Waals surface area (Å²) in [5.74, 6) is -0.265. The first kappa shape index (κ1) is 13.9. The Morgan fingerprint density at radius 2 is 1.68 bits per heavy atom. The van der Waals surface area contributed by atoms with Crippen molar-refractivity contribution in [3.8, 4) is 17.0 Å². The van der Waals surface area contributed by atoms with E-state index in [1.165, 1.54) is 0 Å². The fourth-order valence-electron chi connectivity index (χ4n) is 2.23. The summed E-state index contributed by atoms with van der Waals surface area (Å²) < 4.78 is 5.88. The SMILES string of the molecule is O=C(O)c1ccc(-c2ccccc2OCc2ccccc2)[nH]1. The fraction of sp³-hybridized carbons (Fsp3) is 0.0556. The average molecular weight is 293 g/mol. The minimum Gasteiger partial charge on any atom is -0.488 e. The number of carboxylic acids is 1. The molecule has 0 spiro atoms. The molecule has 4 heteroatoms. The van der Waals surface area contributed by atoms with Crippen LogP contribution in [0.1, 0.15) is 16.1 Å². The topological polar surface area (TPSA) is 62.3 Å². The number of para-hydroxylation sites is 1. The van der Waals surface area contributed by atoms with Crippen molar-refractivity contribution < 1.29 is 14.6 Å². The number of carboxylic acid groups (broad SMARTS) is 1. The van der Waals surface area contributed by atoms with Crippen LogP contribution in [0.15, 0.2) is 66.7 Å². The summed E-state index contributed by atoms with van der Waals surface area (Å²) in [7, 11) is 0. The molecule has 0 radical (unpaired) electrons. The lowest BCUT2D eigenvalue weighted by molar-refractivity contribution is 0.0691. The van der Waals surface area contributed by atoms with Crippen molar-refractivity contribution in [2.45, 2.75) is 6.61 Å². The molecule has 0 aliphatic heterocycles. The van der Waals surface area contributed by atoms with Gasteiger partial charge in [0.15, 0.2) is 0 Å². The number of hydrogen-bond acceptors (Lipinski definition) is 2.